The van der Waals surface area contributed by atoms with Gasteiger partial charge in [0.05, 0.1) is 20.8 Å². The molecule has 0 N–H and O–H groups in total. The van der Waals surface area contributed by atoms with Gasteiger partial charge in [0.2, 0.25) is 0 Å². The lowest BCUT2D eigenvalue weighted by molar-refractivity contribution is 0.104. The number of hydrogen-bond acceptors (Lipinski definition) is 6. The van der Waals surface area contributed by atoms with E-state index in [4.69, 9.17) is 18.9 Å². The fourth-order valence-corrected chi connectivity index (χ4v) is 5.18. The zero-order valence-corrected chi connectivity index (χ0v) is 18.2. The molecule has 0 unspecified atom stereocenters. The third-order valence-electron chi connectivity index (χ3n) is 6.58. The molecule has 0 bridgehead atoms. The summed E-state index contributed by atoms with van der Waals surface area (Å²) in [6.07, 6.45) is 2.85. The molecule has 1 fully saturated rings. The first-order valence-electron chi connectivity index (χ1n) is 10.8. The molecule has 2 aliphatic heterocycles. The van der Waals surface area contributed by atoms with Crippen molar-refractivity contribution in [3.63, 3.8) is 0 Å². The van der Waals surface area contributed by atoms with Crippen LogP contribution in [0, 0.1) is 0 Å². The van der Waals surface area contributed by atoms with E-state index >= 15 is 0 Å². The summed E-state index contributed by atoms with van der Waals surface area (Å²) in [5, 5.41) is 4.48. The largest absolute Gasteiger partial charge is 0.513 e. The average Bonchev–Trinajstić information content (AvgIpc) is 3.24. The molecule has 0 spiro atoms. The van der Waals surface area contributed by atoms with Gasteiger partial charge in [0.25, 0.3) is 0 Å². The number of ether oxygens (including phenoxy) is 4. The van der Waals surface area contributed by atoms with Crippen LogP contribution in [0.1, 0.15) is 30.9 Å². The van der Waals surface area contributed by atoms with Gasteiger partial charge >= 0.3 is 6.16 Å². The van der Waals surface area contributed by atoms with Gasteiger partial charge in [-0.3, -0.25) is 4.90 Å². The van der Waals surface area contributed by atoms with Crippen molar-refractivity contribution in [1.82, 2.24) is 4.90 Å². The van der Waals surface area contributed by atoms with Gasteiger partial charge in [-0.2, -0.15) is 0 Å². The Morgan fingerprint density at radius 1 is 1.00 bits per heavy atom. The van der Waals surface area contributed by atoms with E-state index in [-0.39, 0.29) is 6.61 Å². The molecular formula is C25H27NO5. The maximum Gasteiger partial charge on any atom is 0.513 e. The van der Waals surface area contributed by atoms with Crippen molar-refractivity contribution in [2.75, 3.05) is 27.4 Å². The van der Waals surface area contributed by atoms with Gasteiger partial charge in [0.15, 0.2) is 11.5 Å². The Hall–Kier alpha value is -2.99. The van der Waals surface area contributed by atoms with E-state index in [1.54, 1.807) is 21.1 Å². The molecule has 2 heterocycles. The zero-order chi connectivity index (χ0) is 21.5. The number of carbonyl (C=O) groups is 1. The molecule has 162 valence electrons. The average molecular weight is 421 g/mol. The number of hydrogen-bond donors (Lipinski definition) is 0. The number of fused-ring (bicyclic) bond motifs is 7. The van der Waals surface area contributed by atoms with Crippen molar-refractivity contribution in [2.24, 2.45) is 0 Å². The highest BCUT2D eigenvalue weighted by Crippen LogP contribution is 2.44. The smallest absolute Gasteiger partial charge is 0.493 e. The van der Waals surface area contributed by atoms with Crippen molar-refractivity contribution in [3.8, 4) is 17.2 Å². The predicted octanol–water partition coefficient (Wildman–Crippen LogP) is 5.07. The number of methoxy groups -OCH3 is 2. The third-order valence-corrected chi connectivity index (χ3v) is 6.58. The first kappa shape index (κ1) is 19.9. The Labute approximate surface area is 181 Å². The Morgan fingerprint density at radius 3 is 2.48 bits per heavy atom. The SMILES string of the molecule is CCOC(=O)Oc1ccc2c3c(c4cc(OC)c(OC)cc4c2c1)C[C@H]1CCCN1C3. The molecule has 0 radical (unpaired) electrons. The van der Waals surface area contributed by atoms with Crippen LogP contribution in [0.4, 0.5) is 4.79 Å². The van der Waals surface area contributed by atoms with E-state index < -0.39 is 6.16 Å². The van der Waals surface area contributed by atoms with Gasteiger partial charge in [0, 0.05) is 12.6 Å². The van der Waals surface area contributed by atoms with Crippen LogP contribution >= 0.6 is 0 Å². The van der Waals surface area contributed by atoms with Crippen LogP contribution in [0.25, 0.3) is 21.5 Å². The lowest BCUT2D eigenvalue weighted by Gasteiger charge is -2.33. The Balaban J connectivity index is 1.76. The van der Waals surface area contributed by atoms with Crippen molar-refractivity contribution in [2.45, 2.75) is 38.8 Å². The van der Waals surface area contributed by atoms with Crippen LogP contribution in [-0.4, -0.2) is 44.5 Å². The van der Waals surface area contributed by atoms with E-state index in [1.807, 2.05) is 18.2 Å². The monoisotopic (exact) mass is 421 g/mol. The summed E-state index contributed by atoms with van der Waals surface area (Å²) >= 11 is 0. The van der Waals surface area contributed by atoms with Crippen LogP contribution < -0.4 is 14.2 Å². The molecular weight excluding hydrogens is 394 g/mol. The summed E-state index contributed by atoms with van der Waals surface area (Å²) in [6, 6.07) is 10.6. The van der Waals surface area contributed by atoms with E-state index in [9.17, 15) is 4.79 Å². The molecule has 31 heavy (non-hydrogen) atoms. The standard InChI is InChI=1S/C25H27NO5/c1-4-30-25(27)31-16-7-8-17-19(11-16)21-13-24(29-3)23(28-2)12-20(21)18-10-15-6-5-9-26(15)14-22(17)18/h7-8,11-13,15H,4-6,9-10,14H2,1-3H3/t15-/m1/s1. The summed E-state index contributed by atoms with van der Waals surface area (Å²) in [7, 11) is 3.32. The van der Waals surface area contributed by atoms with Crippen LogP contribution in [0.5, 0.6) is 17.2 Å². The zero-order valence-electron chi connectivity index (χ0n) is 18.2. The first-order chi connectivity index (χ1) is 15.1. The summed E-state index contributed by atoms with van der Waals surface area (Å²) in [4.78, 5) is 14.5. The summed E-state index contributed by atoms with van der Waals surface area (Å²) < 4.78 is 21.6. The van der Waals surface area contributed by atoms with E-state index in [0.717, 1.165) is 36.0 Å². The van der Waals surface area contributed by atoms with Gasteiger partial charge < -0.3 is 18.9 Å². The minimum atomic E-state index is -0.691. The summed E-state index contributed by atoms with van der Waals surface area (Å²) in [6.45, 7) is 4.13. The Bertz CT molecular complexity index is 1170. The lowest BCUT2D eigenvalue weighted by atomic mass is 9.85. The van der Waals surface area contributed by atoms with Crippen LogP contribution in [0.15, 0.2) is 30.3 Å². The molecule has 0 saturated carbocycles. The molecule has 3 aromatic carbocycles. The second-order valence-electron chi connectivity index (χ2n) is 8.17. The number of carbonyl (C=O) groups excluding carboxylic acids is 1. The highest BCUT2D eigenvalue weighted by atomic mass is 16.7. The van der Waals surface area contributed by atoms with E-state index in [0.29, 0.717) is 17.5 Å². The van der Waals surface area contributed by atoms with Crippen molar-refractivity contribution in [3.05, 3.63) is 41.5 Å². The molecule has 0 aliphatic carbocycles. The first-order valence-corrected chi connectivity index (χ1v) is 10.8. The molecule has 6 heteroatoms. The third kappa shape index (κ3) is 3.35. The Kier molecular flexibility index (Phi) is 5.10. The topological polar surface area (TPSA) is 57.2 Å². The maximum absolute atomic E-state index is 11.9. The minimum Gasteiger partial charge on any atom is -0.493 e. The molecule has 0 amide bonds. The van der Waals surface area contributed by atoms with Crippen LogP contribution in [0.3, 0.4) is 0 Å². The second-order valence-corrected chi connectivity index (χ2v) is 8.17. The summed E-state index contributed by atoms with van der Waals surface area (Å²) in [5.41, 5.74) is 2.75. The molecule has 5 rings (SSSR count). The lowest BCUT2D eigenvalue weighted by Crippen LogP contribution is -2.35. The number of nitrogens with zero attached hydrogens (tertiary/aromatic N) is 1. The normalized spacial score (nSPS) is 18.0. The molecule has 6 nitrogen and oxygen atoms in total. The fourth-order valence-electron chi connectivity index (χ4n) is 5.18. The van der Waals surface area contributed by atoms with Crippen LogP contribution in [0.2, 0.25) is 0 Å². The van der Waals surface area contributed by atoms with Crippen molar-refractivity contribution in [1.29, 1.82) is 0 Å². The second kappa shape index (κ2) is 7.93. The number of benzene rings is 3. The molecule has 2 aliphatic rings. The molecule has 1 saturated heterocycles. The minimum absolute atomic E-state index is 0.275. The highest BCUT2D eigenvalue weighted by Gasteiger charge is 2.32. The van der Waals surface area contributed by atoms with Crippen molar-refractivity contribution >= 4 is 27.7 Å². The van der Waals surface area contributed by atoms with Crippen LogP contribution in [-0.2, 0) is 17.7 Å². The predicted molar refractivity (Wildman–Crippen MR) is 119 cm³/mol. The van der Waals surface area contributed by atoms with E-state index in [2.05, 4.69) is 17.0 Å². The quantitative estimate of drug-likeness (QED) is 0.333. The van der Waals surface area contributed by atoms with E-state index in [1.165, 1.54) is 34.7 Å². The van der Waals surface area contributed by atoms with Gasteiger partial charge in [-0.25, -0.2) is 4.79 Å². The number of rotatable bonds is 4. The van der Waals surface area contributed by atoms with Gasteiger partial charge in [-0.15, -0.1) is 0 Å². The van der Waals surface area contributed by atoms with Gasteiger partial charge in [0.1, 0.15) is 5.75 Å². The molecule has 0 aromatic heterocycles. The molecule has 3 aromatic rings. The molecule has 1 atom stereocenters. The van der Waals surface area contributed by atoms with Gasteiger partial charge in [-0.05, 0) is 89.7 Å². The Morgan fingerprint density at radius 2 is 1.74 bits per heavy atom. The maximum atomic E-state index is 11.9. The summed E-state index contributed by atoms with van der Waals surface area (Å²) in [5.74, 6) is 1.88. The fraction of sp³-hybridized carbons (Fsp3) is 0.400. The van der Waals surface area contributed by atoms with Crippen molar-refractivity contribution < 1.29 is 23.7 Å². The van der Waals surface area contributed by atoms with Gasteiger partial charge in [-0.1, -0.05) is 6.07 Å². The highest BCUT2D eigenvalue weighted by molar-refractivity contribution is 6.12.